The highest BCUT2D eigenvalue weighted by Crippen LogP contribution is 2.43. The summed E-state index contributed by atoms with van der Waals surface area (Å²) in [6.45, 7) is 0. The molecule has 0 heterocycles. The van der Waals surface area contributed by atoms with Crippen LogP contribution in [0.3, 0.4) is 0 Å². The maximum Gasteiger partial charge on any atom is 0.337 e. The van der Waals surface area contributed by atoms with E-state index in [-0.39, 0.29) is 16.7 Å². The molecule has 2 aliphatic carbocycles. The maximum absolute atomic E-state index is 10.2. The third kappa shape index (κ3) is 3.18. The molecule has 4 nitrogen and oxygen atoms in total. The second-order valence-corrected chi connectivity index (χ2v) is 12.5. The second-order valence-electron chi connectivity index (χ2n) is 5.90. The molecule has 0 spiro atoms. The predicted molar refractivity (Wildman–Crippen MR) is 69.6 cm³/mol. The first kappa shape index (κ1) is 13.7. The lowest BCUT2D eigenvalue weighted by atomic mass is 10.4. The van der Waals surface area contributed by atoms with E-state index in [4.69, 9.17) is 0 Å². The van der Waals surface area contributed by atoms with Crippen LogP contribution in [0.4, 0.5) is 0 Å². The molecule has 0 atom stereocenters. The minimum absolute atomic E-state index is 0.0323. The molecule has 0 aromatic heterocycles. The molecule has 2 aliphatic rings. The van der Waals surface area contributed by atoms with E-state index in [0.29, 0.717) is 0 Å². The molecule has 2 fully saturated rings. The van der Waals surface area contributed by atoms with Gasteiger partial charge in [-0.15, -0.1) is 0 Å². The molecule has 6 heteroatoms. The quantitative estimate of drug-likeness (QED) is 0.583. The Kier molecular flexibility index (Phi) is 4.11. The molecule has 0 aromatic rings. The molecule has 0 amide bonds. The fraction of sp³-hybridized carbons (Fsp3) is 1.00. The average molecular weight is 276 g/mol. The van der Waals surface area contributed by atoms with Gasteiger partial charge in [-0.3, -0.25) is 0 Å². The summed E-state index contributed by atoms with van der Waals surface area (Å²) in [5, 5.41) is 0. The van der Waals surface area contributed by atoms with E-state index in [0.717, 1.165) is 51.4 Å². The lowest BCUT2D eigenvalue weighted by Crippen LogP contribution is -2.53. The van der Waals surface area contributed by atoms with Gasteiger partial charge >= 0.3 is 17.1 Å². The van der Waals surface area contributed by atoms with Crippen LogP contribution in [0.1, 0.15) is 51.4 Å². The van der Waals surface area contributed by atoms with Gasteiger partial charge in [0.2, 0.25) is 0 Å². The van der Waals surface area contributed by atoms with E-state index in [1.165, 1.54) is 0 Å². The summed E-state index contributed by atoms with van der Waals surface area (Å²) >= 11 is 0. The highest BCUT2D eigenvalue weighted by Gasteiger charge is 2.52. The van der Waals surface area contributed by atoms with Crippen LogP contribution in [-0.2, 0) is 0 Å². The summed E-state index contributed by atoms with van der Waals surface area (Å²) in [4.78, 5) is 40.9. The van der Waals surface area contributed by atoms with E-state index in [9.17, 15) is 19.2 Å². The number of rotatable bonds is 4. The summed E-state index contributed by atoms with van der Waals surface area (Å²) in [7, 11) is -6.82. The van der Waals surface area contributed by atoms with E-state index < -0.39 is 17.1 Å². The Balaban J connectivity index is 1.97. The third-order valence-corrected chi connectivity index (χ3v) is 12.5. The van der Waals surface area contributed by atoms with Crippen molar-refractivity contribution in [2.24, 2.45) is 0 Å². The second kappa shape index (κ2) is 5.10. The van der Waals surface area contributed by atoms with Gasteiger partial charge in [-0.25, -0.2) is 0 Å². The first-order valence-electron chi connectivity index (χ1n) is 6.81. The van der Waals surface area contributed by atoms with Crippen LogP contribution in [0.5, 0.6) is 0 Å². The molecule has 0 aromatic carbocycles. The van der Waals surface area contributed by atoms with Crippen LogP contribution in [-0.4, -0.2) is 36.3 Å². The van der Waals surface area contributed by atoms with Gasteiger partial charge in [0.05, 0.1) is 0 Å². The highest BCUT2D eigenvalue weighted by atomic mass is 28.4. The molecule has 17 heavy (non-hydrogen) atoms. The van der Waals surface area contributed by atoms with Crippen molar-refractivity contribution >= 4 is 17.1 Å². The van der Waals surface area contributed by atoms with Gasteiger partial charge in [-0.2, -0.15) is 0 Å². The maximum atomic E-state index is 10.2. The molecule has 0 aliphatic heterocycles. The summed E-state index contributed by atoms with van der Waals surface area (Å²) in [6, 6.07) is 0. The van der Waals surface area contributed by atoms with Crippen LogP contribution >= 0.6 is 0 Å². The smallest absolute Gasteiger partial charge is 0.337 e. The zero-order chi connectivity index (χ0) is 12.5. The zero-order valence-electron chi connectivity index (χ0n) is 10.3. The molecule has 0 saturated heterocycles. The van der Waals surface area contributed by atoms with Gasteiger partial charge in [0.15, 0.2) is 0 Å². The lowest BCUT2D eigenvalue weighted by Gasteiger charge is -2.32. The average Bonchev–Trinajstić information content (AvgIpc) is 2.91. The van der Waals surface area contributed by atoms with Gasteiger partial charge < -0.3 is 19.2 Å². The summed E-state index contributed by atoms with van der Waals surface area (Å²) < 4.78 is 0. The SMILES string of the molecule is O[Si](O)(C[Si](O)(O)C1CCCC1)C1CCCC1. The molecule has 0 unspecified atom stereocenters. The monoisotopic (exact) mass is 276 g/mol. The Morgan fingerprint density at radius 3 is 1.24 bits per heavy atom. The van der Waals surface area contributed by atoms with Gasteiger partial charge in [0.25, 0.3) is 0 Å². The van der Waals surface area contributed by atoms with Crippen molar-refractivity contribution in [2.75, 3.05) is 0 Å². The molecule has 2 rings (SSSR count). The fourth-order valence-electron chi connectivity index (χ4n) is 3.45. The van der Waals surface area contributed by atoms with Gasteiger partial charge in [0, 0.05) is 16.7 Å². The van der Waals surface area contributed by atoms with Gasteiger partial charge in [-0.05, 0) is 25.7 Å². The minimum atomic E-state index is -3.41. The standard InChI is InChI=1S/C11H24O4Si2/c12-16(13,10-5-1-2-6-10)9-17(14,15)11-7-3-4-8-11/h10-15H,1-9H2. The van der Waals surface area contributed by atoms with Gasteiger partial charge in [0.1, 0.15) is 0 Å². The summed E-state index contributed by atoms with van der Waals surface area (Å²) in [5.41, 5.74) is -0.125. The number of hydrogen-bond donors (Lipinski definition) is 4. The Labute approximate surface area is 105 Å². The third-order valence-electron chi connectivity index (χ3n) is 4.54. The summed E-state index contributed by atoms with van der Waals surface area (Å²) in [5.74, 6) is 0. The molecule has 4 N–H and O–H groups in total. The topological polar surface area (TPSA) is 80.9 Å². The highest BCUT2D eigenvalue weighted by molar-refractivity contribution is 6.85. The van der Waals surface area contributed by atoms with E-state index in [1.54, 1.807) is 0 Å². The fourth-order valence-corrected chi connectivity index (χ4v) is 11.5. The largest absolute Gasteiger partial charge is 0.411 e. The van der Waals surface area contributed by atoms with E-state index in [1.807, 2.05) is 0 Å². The molecule has 0 bridgehead atoms. The van der Waals surface area contributed by atoms with Crippen molar-refractivity contribution in [2.45, 2.75) is 68.1 Å². The van der Waals surface area contributed by atoms with Crippen molar-refractivity contribution < 1.29 is 19.2 Å². The first-order chi connectivity index (χ1) is 7.92. The number of hydrogen-bond acceptors (Lipinski definition) is 4. The molecule has 0 radical (unpaired) electrons. The van der Waals surface area contributed by atoms with Crippen LogP contribution in [0.2, 0.25) is 16.7 Å². The van der Waals surface area contributed by atoms with Crippen LogP contribution < -0.4 is 0 Å². The first-order valence-corrected chi connectivity index (χ1v) is 11.2. The van der Waals surface area contributed by atoms with Crippen LogP contribution in [0.15, 0.2) is 0 Å². The van der Waals surface area contributed by atoms with Crippen LogP contribution in [0.25, 0.3) is 0 Å². The Morgan fingerprint density at radius 1 is 0.647 bits per heavy atom. The van der Waals surface area contributed by atoms with Crippen molar-refractivity contribution in [1.29, 1.82) is 0 Å². The van der Waals surface area contributed by atoms with Crippen molar-refractivity contribution in [3.05, 3.63) is 0 Å². The molecule has 2 saturated carbocycles. The van der Waals surface area contributed by atoms with Crippen molar-refractivity contribution in [3.63, 3.8) is 0 Å². The minimum Gasteiger partial charge on any atom is -0.411 e. The normalized spacial score (nSPS) is 24.7. The molecular weight excluding hydrogens is 252 g/mol. The van der Waals surface area contributed by atoms with E-state index >= 15 is 0 Å². The predicted octanol–water partition coefficient (Wildman–Crippen LogP) is 1.27. The molecule has 100 valence electrons. The zero-order valence-corrected chi connectivity index (χ0v) is 12.3. The van der Waals surface area contributed by atoms with Crippen LogP contribution in [0, 0.1) is 0 Å². The molecular formula is C11H24O4Si2. The Hall–Kier alpha value is 0.274. The van der Waals surface area contributed by atoms with Crippen molar-refractivity contribution in [3.8, 4) is 0 Å². The van der Waals surface area contributed by atoms with E-state index in [2.05, 4.69) is 0 Å². The lowest BCUT2D eigenvalue weighted by molar-refractivity contribution is 0.308. The Bertz CT molecular complexity index is 232. The summed E-state index contributed by atoms with van der Waals surface area (Å²) in [6.07, 6.45) is 7.63. The Morgan fingerprint density at radius 2 is 0.941 bits per heavy atom. The van der Waals surface area contributed by atoms with Crippen molar-refractivity contribution in [1.82, 2.24) is 0 Å². The van der Waals surface area contributed by atoms with Gasteiger partial charge in [-0.1, -0.05) is 25.7 Å².